The van der Waals surface area contributed by atoms with Gasteiger partial charge in [-0.1, -0.05) is 13.0 Å². The van der Waals surface area contributed by atoms with Gasteiger partial charge in [-0.2, -0.15) is 0 Å². The molecule has 0 aliphatic carbocycles. The minimum absolute atomic E-state index is 0.214. The Morgan fingerprint density at radius 1 is 1.37 bits per heavy atom. The van der Waals surface area contributed by atoms with Gasteiger partial charge in [-0.05, 0) is 37.0 Å². The van der Waals surface area contributed by atoms with Crippen LogP contribution in [0.3, 0.4) is 0 Å². The van der Waals surface area contributed by atoms with Gasteiger partial charge in [0, 0.05) is 61.8 Å². The van der Waals surface area contributed by atoms with Crippen LogP contribution in [0.1, 0.15) is 45.9 Å². The molecule has 0 bridgehead atoms. The van der Waals surface area contributed by atoms with Crippen LogP contribution in [0.25, 0.3) is 0 Å². The van der Waals surface area contributed by atoms with Gasteiger partial charge in [-0.15, -0.1) is 11.3 Å². The number of carbonyl (C=O) groups is 1. The second kappa shape index (κ2) is 8.09. The predicted molar refractivity (Wildman–Crippen MR) is 109 cm³/mol. The summed E-state index contributed by atoms with van der Waals surface area (Å²) < 4.78 is 0. The summed E-state index contributed by atoms with van der Waals surface area (Å²) in [6.45, 7) is 9.56. The molecule has 0 aromatic carbocycles. The van der Waals surface area contributed by atoms with Crippen molar-refractivity contribution in [2.45, 2.75) is 45.8 Å². The number of carbonyl (C=O) groups excluding carboxylic acids is 1. The molecule has 0 radical (unpaired) electrons. The Morgan fingerprint density at radius 2 is 2.26 bits per heavy atom. The lowest BCUT2D eigenvalue weighted by molar-refractivity contribution is 0.0707. The van der Waals surface area contributed by atoms with Crippen LogP contribution in [-0.4, -0.2) is 52.9 Å². The van der Waals surface area contributed by atoms with E-state index in [9.17, 15) is 4.79 Å². The van der Waals surface area contributed by atoms with Crippen molar-refractivity contribution < 1.29 is 4.79 Å². The van der Waals surface area contributed by atoms with Crippen molar-refractivity contribution >= 4 is 17.2 Å². The number of pyridine rings is 1. The number of thiophene rings is 1. The predicted octanol–water partition coefficient (Wildman–Crippen LogP) is 2.70. The second-order valence-corrected chi connectivity index (χ2v) is 8.59. The Hall–Kier alpha value is -1.76. The summed E-state index contributed by atoms with van der Waals surface area (Å²) in [6, 6.07) is 4.69. The standard InChI is InChI=1S/C21H28N4OS/c1-3-16-4-5-17(23-10-16)12-24-8-6-18-19(14-27-20(18)13-24)21(26)25-9-7-22-15(2)11-25/h4-5,10,14-15,22H,3,6-9,11-13H2,1-2H3/t15-/m1/s1. The highest BCUT2D eigenvalue weighted by atomic mass is 32.1. The Kier molecular flexibility index (Phi) is 5.57. The third-order valence-electron chi connectivity index (χ3n) is 5.59. The second-order valence-electron chi connectivity index (χ2n) is 7.63. The molecule has 2 aliphatic rings. The number of aromatic nitrogens is 1. The fourth-order valence-electron chi connectivity index (χ4n) is 3.97. The number of aryl methyl sites for hydroxylation is 1. The molecular weight excluding hydrogens is 356 g/mol. The summed E-state index contributed by atoms with van der Waals surface area (Å²) in [5.74, 6) is 0.214. The van der Waals surface area contributed by atoms with Crippen molar-refractivity contribution in [3.8, 4) is 0 Å². The summed E-state index contributed by atoms with van der Waals surface area (Å²) in [4.78, 5) is 23.4. The number of nitrogens with one attached hydrogen (secondary N) is 1. The molecule has 1 N–H and O–H groups in total. The van der Waals surface area contributed by atoms with E-state index in [1.165, 1.54) is 16.0 Å². The molecule has 1 atom stereocenters. The summed E-state index contributed by atoms with van der Waals surface area (Å²) in [5.41, 5.74) is 4.62. The number of fused-ring (bicyclic) bond motifs is 1. The zero-order chi connectivity index (χ0) is 18.8. The Balaban J connectivity index is 1.43. The number of nitrogens with zero attached hydrogens (tertiary/aromatic N) is 3. The van der Waals surface area contributed by atoms with E-state index in [0.717, 1.165) is 63.4 Å². The smallest absolute Gasteiger partial charge is 0.255 e. The van der Waals surface area contributed by atoms with Gasteiger partial charge in [-0.3, -0.25) is 14.7 Å². The Morgan fingerprint density at radius 3 is 3.00 bits per heavy atom. The van der Waals surface area contributed by atoms with Crippen LogP contribution < -0.4 is 5.32 Å². The highest BCUT2D eigenvalue weighted by Crippen LogP contribution is 2.30. The minimum Gasteiger partial charge on any atom is -0.336 e. The normalized spacial score (nSPS) is 20.5. The monoisotopic (exact) mass is 384 g/mol. The lowest BCUT2D eigenvalue weighted by atomic mass is 10.0. The van der Waals surface area contributed by atoms with Crippen LogP contribution in [0.5, 0.6) is 0 Å². The first kappa shape index (κ1) is 18.6. The van der Waals surface area contributed by atoms with Crippen molar-refractivity contribution in [2.75, 3.05) is 26.2 Å². The van der Waals surface area contributed by atoms with Gasteiger partial charge in [0.05, 0.1) is 11.3 Å². The maximum absolute atomic E-state index is 13.0. The van der Waals surface area contributed by atoms with Crippen molar-refractivity contribution in [3.63, 3.8) is 0 Å². The molecule has 4 rings (SSSR count). The maximum atomic E-state index is 13.0. The third kappa shape index (κ3) is 4.08. The van der Waals surface area contributed by atoms with E-state index in [-0.39, 0.29) is 5.91 Å². The number of rotatable bonds is 4. The van der Waals surface area contributed by atoms with Crippen LogP contribution >= 0.6 is 11.3 Å². The molecule has 0 spiro atoms. The van der Waals surface area contributed by atoms with E-state index < -0.39 is 0 Å². The highest BCUT2D eigenvalue weighted by molar-refractivity contribution is 7.10. The van der Waals surface area contributed by atoms with Gasteiger partial charge in [-0.25, -0.2) is 0 Å². The van der Waals surface area contributed by atoms with Crippen LogP contribution in [0.2, 0.25) is 0 Å². The number of piperazine rings is 1. The largest absolute Gasteiger partial charge is 0.336 e. The quantitative estimate of drug-likeness (QED) is 0.881. The van der Waals surface area contributed by atoms with Gasteiger partial charge in [0.15, 0.2) is 0 Å². The zero-order valence-corrected chi connectivity index (χ0v) is 17.0. The highest BCUT2D eigenvalue weighted by Gasteiger charge is 2.28. The first-order valence-electron chi connectivity index (χ1n) is 9.92. The minimum atomic E-state index is 0.214. The summed E-state index contributed by atoms with van der Waals surface area (Å²) in [6.07, 6.45) is 3.97. The van der Waals surface area contributed by atoms with Crippen LogP contribution in [0.15, 0.2) is 23.7 Å². The lowest BCUT2D eigenvalue weighted by Gasteiger charge is -2.32. The molecule has 5 nitrogen and oxygen atoms in total. The SMILES string of the molecule is CCc1ccc(CN2CCc3c(C(=O)N4CCN[C@H](C)C4)csc3C2)nc1. The van der Waals surface area contributed by atoms with Crippen molar-refractivity contribution in [2.24, 2.45) is 0 Å². The van der Waals surface area contributed by atoms with Crippen molar-refractivity contribution in [1.29, 1.82) is 0 Å². The molecule has 1 fully saturated rings. The zero-order valence-electron chi connectivity index (χ0n) is 16.2. The van der Waals surface area contributed by atoms with Gasteiger partial charge >= 0.3 is 0 Å². The summed E-state index contributed by atoms with van der Waals surface area (Å²) in [7, 11) is 0. The average molecular weight is 385 g/mol. The molecule has 27 heavy (non-hydrogen) atoms. The van der Waals surface area contributed by atoms with E-state index in [1.54, 1.807) is 11.3 Å². The Bertz CT molecular complexity index is 801. The van der Waals surface area contributed by atoms with E-state index in [1.807, 2.05) is 11.1 Å². The van der Waals surface area contributed by atoms with Crippen LogP contribution in [0.4, 0.5) is 0 Å². The van der Waals surface area contributed by atoms with E-state index in [0.29, 0.717) is 6.04 Å². The molecule has 1 saturated heterocycles. The molecule has 4 heterocycles. The summed E-state index contributed by atoms with van der Waals surface area (Å²) >= 11 is 1.74. The summed E-state index contributed by atoms with van der Waals surface area (Å²) in [5, 5.41) is 5.49. The molecule has 2 aromatic rings. The molecule has 0 unspecified atom stereocenters. The van der Waals surface area contributed by atoms with Crippen molar-refractivity contribution in [1.82, 2.24) is 20.1 Å². The lowest BCUT2D eigenvalue weighted by Crippen LogP contribution is -2.51. The third-order valence-corrected chi connectivity index (χ3v) is 6.61. The molecule has 1 amide bonds. The van der Waals surface area contributed by atoms with Gasteiger partial charge in [0.1, 0.15) is 0 Å². The average Bonchev–Trinajstić information content (AvgIpc) is 3.11. The van der Waals surface area contributed by atoms with Gasteiger partial charge in [0.25, 0.3) is 5.91 Å². The number of hydrogen-bond acceptors (Lipinski definition) is 5. The fraction of sp³-hybridized carbons (Fsp3) is 0.524. The Labute approximate surface area is 165 Å². The molecule has 144 valence electrons. The van der Waals surface area contributed by atoms with E-state index in [4.69, 9.17) is 0 Å². The van der Waals surface area contributed by atoms with Gasteiger partial charge < -0.3 is 10.2 Å². The molecular formula is C21H28N4OS. The van der Waals surface area contributed by atoms with Crippen molar-refractivity contribution in [3.05, 3.63) is 51.0 Å². The number of hydrogen-bond donors (Lipinski definition) is 1. The van der Waals surface area contributed by atoms with Crippen LogP contribution in [-0.2, 0) is 25.9 Å². The van der Waals surface area contributed by atoms with E-state index >= 15 is 0 Å². The molecule has 2 aromatic heterocycles. The van der Waals surface area contributed by atoms with E-state index in [2.05, 4.69) is 46.6 Å². The molecule has 2 aliphatic heterocycles. The number of amides is 1. The maximum Gasteiger partial charge on any atom is 0.255 e. The van der Waals surface area contributed by atoms with Crippen LogP contribution in [0, 0.1) is 0 Å². The first-order chi connectivity index (χ1) is 13.1. The topological polar surface area (TPSA) is 48.5 Å². The molecule has 0 saturated carbocycles. The fourth-order valence-corrected chi connectivity index (χ4v) is 5.08. The van der Waals surface area contributed by atoms with Gasteiger partial charge in [0.2, 0.25) is 0 Å². The first-order valence-corrected chi connectivity index (χ1v) is 10.8. The molecule has 6 heteroatoms.